The predicted molar refractivity (Wildman–Crippen MR) is 45.9 cm³/mol. The van der Waals surface area contributed by atoms with E-state index in [1.807, 2.05) is 5.38 Å². The standard InChI is InChI=1S/C6H7NOS2/c1-2-3-9-5-4-10-6(8)7-5/h2,4H,1,3H2,(H,7,8). The molecule has 0 aliphatic rings. The Hall–Kier alpha value is -0.480. The number of hydrogen-bond donors (Lipinski definition) is 1. The van der Waals surface area contributed by atoms with Gasteiger partial charge in [-0.25, -0.2) is 0 Å². The summed E-state index contributed by atoms with van der Waals surface area (Å²) >= 11 is 2.77. The average Bonchev–Trinajstić information content (AvgIpc) is 2.31. The summed E-state index contributed by atoms with van der Waals surface area (Å²) in [6, 6.07) is 0. The third-order valence-corrected chi connectivity index (χ3v) is 2.61. The van der Waals surface area contributed by atoms with Crippen molar-refractivity contribution in [1.29, 1.82) is 0 Å². The molecule has 0 aliphatic heterocycles. The van der Waals surface area contributed by atoms with Crippen molar-refractivity contribution in [3.63, 3.8) is 0 Å². The molecule has 1 aromatic heterocycles. The third kappa shape index (κ3) is 2.04. The zero-order chi connectivity index (χ0) is 7.40. The molecular weight excluding hydrogens is 166 g/mol. The number of rotatable bonds is 3. The van der Waals surface area contributed by atoms with E-state index in [1.54, 1.807) is 17.8 Å². The van der Waals surface area contributed by atoms with Crippen molar-refractivity contribution in [3.8, 4) is 0 Å². The Bertz CT molecular complexity index is 263. The van der Waals surface area contributed by atoms with Crippen molar-refractivity contribution < 1.29 is 0 Å². The molecule has 0 saturated heterocycles. The number of H-pyrrole nitrogens is 1. The number of thiazole rings is 1. The molecule has 0 amide bonds. The Morgan fingerprint density at radius 1 is 1.90 bits per heavy atom. The maximum atomic E-state index is 10.6. The monoisotopic (exact) mass is 173 g/mol. The molecule has 0 spiro atoms. The Labute approximate surface area is 67.0 Å². The summed E-state index contributed by atoms with van der Waals surface area (Å²) in [5.41, 5.74) is 0. The average molecular weight is 173 g/mol. The van der Waals surface area contributed by atoms with Crippen LogP contribution >= 0.6 is 23.1 Å². The molecule has 0 radical (unpaired) electrons. The number of aromatic amines is 1. The third-order valence-electron chi connectivity index (χ3n) is 0.855. The fourth-order valence-electron chi connectivity index (χ4n) is 0.485. The zero-order valence-corrected chi connectivity index (χ0v) is 6.93. The van der Waals surface area contributed by atoms with Crippen LogP contribution in [0.5, 0.6) is 0 Å². The molecule has 54 valence electrons. The molecule has 0 atom stereocenters. The van der Waals surface area contributed by atoms with Gasteiger partial charge in [-0.3, -0.25) is 4.79 Å². The Kier molecular flexibility index (Phi) is 2.77. The van der Waals surface area contributed by atoms with Crippen molar-refractivity contribution in [2.24, 2.45) is 0 Å². The summed E-state index contributed by atoms with van der Waals surface area (Å²) < 4.78 is 0. The van der Waals surface area contributed by atoms with E-state index in [9.17, 15) is 4.79 Å². The predicted octanol–water partition coefficient (Wildman–Crippen LogP) is 1.71. The van der Waals surface area contributed by atoms with E-state index >= 15 is 0 Å². The topological polar surface area (TPSA) is 32.9 Å². The number of aromatic nitrogens is 1. The highest BCUT2D eigenvalue weighted by atomic mass is 32.2. The number of thioether (sulfide) groups is 1. The van der Waals surface area contributed by atoms with Crippen molar-refractivity contribution in [2.45, 2.75) is 5.03 Å². The second-order valence-electron chi connectivity index (χ2n) is 1.61. The van der Waals surface area contributed by atoms with E-state index < -0.39 is 0 Å². The van der Waals surface area contributed by atoms with E-state index in [2.05, 4.69) is 11.6 Å². The van der Waals surface area contributed by atoms with Crippen LogP contribution in [0.4, 0.5) is 0 Å². The molecule has 0 bridgehead atoms. The summed E-state index contributed by atoms with van der Waals surface area (Å²) in [4.78, 5) is 13.3. The smallest absolute Gasteiger partial charge is 0.305 e. The lowest BCUT2D eigenvalue weighted by Crippen LogP contribution is -1.91. The quantitative estimate of drug-likeness (QED) is 0.557. The first-order valence-corrected chi connectivity index (χ1v) is 4.61. The molecule has 1 rings (SSSR count). The van der Waals surface area contributed by atoms with Crippen molar-refractivity contribution in [3.05, 3.63) is 27.7 Å². The lowest BCUT2D eigenvalue weighted by Gasteiger charge is -1.87. The summed E-state index contributed by atoms with van der Waals surface area (Å²) in [6.07, 6.45) is 1.81. The molecule has 0 aliphatic carbocycles. The van der Waals surface area contributed by atoms with Crippen molar-refractivity contribution >= 4 is 23.1 Å². The van der Waals surface area contributed by atoms with Crippen molar-refractivity contribution in [1.82, 2.24) is 4.98 Å². The molecule has 0 aromatic carbocycles. The maximum Gasteiger partial charge on any atom is 0.305 e. The first kappa shape index (κ1) is 7.63. The van der Waals surface area contributed by atoms with Crippen LogP contribution in [0.15, 0.2) is 27.9 Å². The van der Waals surface area contributed by atoms with Gasteiger partial charge in [-0.2, -0.15) is 0 Å². The molecular formula is C6H7NOS2. The highest BCUT2D eigenvalue weighted by Gasteiger charge is 1.93. The van der Waals surface area contributed by atoms with Crippen LogP contribution in [0.25, 0.3) is 0 Å². The van der Waals surface area contributed by atoms with Crippen LogP contribution in [0, 0.1) is 0 Å². The summed E-state index contributed by atoms with van der Waals surface area (Å²) in [6.45, 7) is 3.57. The van der Waals surface area contributed by atoms with E-state index in [0.717, 1.165) is 10.8 Å². The van der Waals surface area contributed by atoms with Gasteiger partial charge < -0.3 is 4.98 Å². The largest absolute Gasteiger partial charge is 0.307 e. The van der Waals surface area contributed by atoms with E-state index in [4.69, 9.17) is 0 Å². The van der Waals surface area contributed by atoms with Gasteiger partial charge in [0.05, 0.1) is 5.03 Å². The summed E-state index contributed by atoms with van der Waals surface area (Å²) in [5.74, 6) is 0.840. The molecule has 1 heterocycles. The molecule has 0 fully saturated rings. The summed E-state index contributed by atoms with van der Waals surface area (Å²) in [7, 11) is 0. The van der Waals surface area contributed by atoms with Crippen LogP contribution in [0.3, 0.4) is 0 Å². The van der Waals surface area contributed by atoms with Gasteiger partial charge in [-0.15, -0.1) is 18.3 Å². The summed E-state index contributed by atoms with van der Waals surface area (Å²) in [5, 5.41) is 2.74. The minimum Gasteiger partial charge on any atom is -0.307 e. The highest BCUT2D eigenvalue weighted by molar-refractivity contribution is 7.99. The Balaban J connectivity index is 2.58. The van der Waals surface area contributed by atoms with Crippen LogP contribution in [-0.4, -0.2) is 10.7 Å². The van der Waals surface area contributed by atoms with Gasteiger partial charge in [0, 0.05) is 11.1 Å². The van der Waals surface area contributed by atoms with Crippen molar-refractivity contribution in [2.75, 3.05) is 5.75 Å². The minimum atomic E-state index is 0.00608. The van der Waals surface area contributed by atoms with Gasteiger partial charge in [-0.05, 0) is 0 Å². The molecule has 4 heteroatoms. The second-order valence-corrected chi connectivity index (χ2v) is 3.52. The molecule has 10 heavy (non-hydrogen) atoms. The highest BCUT2D eigenvalue weighted by Crippen LogP contribution is 2.14. The minimum absolute atomic E-state index is 0.00608. The molecule has 2 nitrogen and oxygen atoms in total. The van der Waals surface area contributed by atoms with Gasteiger partial charge >= 0.3 is 4.87 Å². The fourth-order valence-corrected chi connectivity index (χ4v) is 1.87. The molecule has 1 aromatic rings. The maximum absolute atomic E-state index is 10.6. The van der Waals surface area contributed by atoms with Gasteiger partial charge in [0.1, 0.15) is 0 Å². The molecule has 0 saturated carbocycles. The van der Waals surface area contributed by atoms with Gasteiger partial charge in [0.15, 0.2) is 0 Å². The van der Waals surface area contributed by atoms with E-state index in [0.29, 0.717) is 0 Å². The first-order valence-electron chi connectivity index (χ1n) is 2.74. The fraction of sp³-hybridized carbons (Fsp3) is 0.167. The SMILES string of the molecule is C=CCSc1csc(=O)[nH]1. The van der Waals surface area contributed by atoms with E-state index in [-0.39, 0.29) is 4.87 Å². The Morgan fingerprint density at radius 3 is 3.20 bits per heavy atom. The number of hydrogen-bond acceptors (Lipinski definition) is 3. The van der Waals surface area contributed by atoms with Gasteiger partial charge in [0.25, 0.3) is 0 Å². The van der Waals surface area contributed by atoms with Crippen LogP contribution in [-0.2, 0) is 0 Å². The van der Waals surface area contributed by atoms with Gasteiger partial charge in [-0.1, -0.05) is 17.4 Å². The van der Waals surface area contributed by atoms with Gasteiger partial charge in [0.2, 0.25) is 0 Å². The zero-order valence-electron chi connectivity index (χ0n) is 5.29. The number of nitrogens with one attached hydrogen (secondary N) is 1. The Morgan fingerprint density at radius 2 is 2.70 bits per heavy atom. The molecule has 0 unspecified atom stereocenters. The van der Waals surface area contributed by atoms with E-state index in [1.165, 1.54) is 11.3 Å². The lowest BCUT2D eigenvalue weighted by molar-refractivity contribution is 1.16. The normalized spacial score (nSPS) is 9.60. The molecule has 1 N–H and O–H groups in total. The second kappa shape index (κ2) is 3.63. The van der Waals surface area contributed by atoms with Crippen LogP contribution < -0.4 is 4.87 Å². The van der Waals surface area contributed by atoms with Crippen LogP contribution in [0.2, 0.25) is 0 Å². The lowest BCUT2D eigenvalue weighted by atomic mass is 10.8. The van der Waals surface area contributed by atoms with Crippen LogP contribution in [0.1, 0.15) is 0 Å². The first-order chi connectivity index (χ1) is 4.83.